The number of para-hydroxylation sites is 1. The third-order valence-electron chi connectivity index (χ3n) is 7.58. The molecule has 33 heavy (non-hydrogen) atoms. The van der Waals surface area contributed by atoms with Crippen LogP contribution in [0.1, 0.15) is 62.4 Å². The second kappa shape index (κ2) is 8.05. The molecule has 0 saturated carbocycles. The largest absolute Gasteiger partial charge is 0.356 e. The predicted molar refractivity (Wildman–Crippen MR) is 131 cm³/mol. The van der Waals surface area contributed by atoms with Gasteiger partial charge in [-0.1, -0.05) is 63.2 Å². The summed E-state index contributed by atoms with van der Waals surface area (Å²) < 4.78 is 0. The van der Waals surface area contributed by atoms with Gasteiger partial charge in [0.15, 0.2) is 5.54 Å². The van der Waals surface area contributed by atoms with Crippen LogP contribution in [0.25, 0.3) is 10.9 Å². The molecule has 2 amide bonds. The number of aryl methyl sites for hydroxylation is 1. The molecule has 0 aliphatic carbocycles. The molecular weight excluding hydrogens is 410 g/mol. The molecule has 1 N–H and O–H groups in total. The van der Waals surface area contributed by atoms with E-state index in [1.165, 1.54) is 11.1 Å². The third-order valence-corrected chi connectivity index (χ3v) is 7.58. The highest BCUT2D eigenvalue weighted by atomic mass is 16.2. The molecule has 0 radical (unpaired) electrons. The van der Waals surface area contributed by atoms with Crippen molar-refractivity contribution < 1.29 is 9.59 Å². The molecule has 2 aliphatic heterocycles. The lowest BCUT2D eigenvalue weighted by atomic mass is 9.76. The lowest BCUT2D eigenvalue weighted by Gasteiger charge is -2.51. The molecule has 1 aromatic heterocycles. The van der Waals surface area contributed by atoms with E-state index in [0.29, 0.717) is 19.0 Å². The molecule has 3 heterocycles. The van der Waals surface area contributed by atoms with Crippen molar-refractivity contribution in [2.75, 3.05) is 19.6 Å². The number of piperazine rings is 1. The minimum atomic E-state index is -1.01. The molecule has 1 saturated heterocycles. The summed E-state index contributed by atoms with van der Waals surface area (Å²) >= 11 is 0. The second-order valence-corrected chi connectivity index (χ2v) is 10.1. The molecule has 172 valence electrons. The Morgan fingerprint density at radius 2 is 1.82 bits per heavy atom. The van der Waals surface area contributed by atoms with Gasteiger partial charge in [0.1, 0.15) is 0 Å². The molecule has 0 spiro atoms. The number of amides is 2. The van der Waals surface area contributed by atoms with E-state index in [4.69, 9.17) is 0 Å². The van der Waals surface area contributed by atoms with Crippen LogP contribution in [0.2, 0.25) is 0 Å². The highest BCUT2D eigenvalue weighted by Gasteiger charge is 2.56. The van der Waals surface area contributed by atoms with Crippen molar-refractivity contribution in [1.29, 1.82) is 0 Å². The maximum absolute atomic E-state index is 13.9. The zero-order valence-corrected chi connectivity index (χ0v) is 20.0. The Labute approximate surface area is 195 Å². The number of benzene rings is 2. The van der Waals surface area contributed by atoms with Crippen LogP contribution in [-0.4, -0.2) is 46.2 Å². The van der Waals surface area contributed by atoms with Crippen molar-refractivity contribution in [3.63, 3.8) is 0 Å². The third kappa shape index (κ3) is 3.36. The highest BCUT2D eigenvalue weighted by Crippen LogP contribution is 2.48. The minimum absolute atomic E-state index is 0.0223. The average Bonchev–Trinajstić information content (AvgIpc) is 3.21. The molecule has 5 heteroatoms. The Bertz CT molecular complexity index is 1210. The summed E-state index contributed by atoms with van der Waals surface area (Å²) in [7, 11) is 0. The van der Waals surface area contributed by atoms with Crippen LogP contribution < -0.4 is 0 Å². The van der Waals surface area contributed by atoms with Gasteiger partial charge < -0.3 is 14.8 Å². The summed E-state index contributed by atoms with van der Waals surface area (Å²) in [6, 6.07) is 17.0. The van der Waals surface area contributed by atoms with Gasteiger partial charge in [-0.3, -0.25) is 9.59 Å². The number of nitrogens with one attached hydrogen (secondary N) is 1. The van der Waals surface area contributed by atoms with Crippen LogP contribution in [0.4, 0.5) is 0 Å². The van der Waals surface area contributed by atoms with E-state index in [1.807, 2.05) is 24.0 Å². The summed E-state index contributed by atoms with van der Waals surface area (Å²) in [5, 5.41) is 1.14. The number of rotatable bonds is 5. The van der Waals surface area contributed by atoms with Crippen LogP contribution >= 0.6 is 0 Å². The Morgan fingerprint density at radius 1 is 1.09 bits per heavy atom. The van der Waals surface area contributed by atoms with Crippen LogP contribution in [0.3, 0.4) is 0 Å². The summed E-state index contributed by atoms with van der Waals surface area (Å²) in [6.07, 6.45) is 1.88. The molecule has 1 unspecified atom stereocenters. The minimum Gasteiger partial charge on any atom is -0.356 e. The van der Waals surface area contributed by atoms with Crippen molar-refractivity contribution in [1.82, 2.24) is 14.8 Å². The first kappa shape index (κ1) is 21.7. The predicted octanol–water partition coefficient (Wildman–Crippen LogP) is 4.81. The standard InChI is InChI=1S/C28H33N3O2/c1-5-19-10-12-20(13-11-19)22-16-31-24(32)17-30(15-14-18(2)3)27(33)28(31,4)26-25(22)21-8-6-7-9-23(21)29-26/h6-13,18,22,29H,5,14-17H2,1-4H3/t22?,28-/m0/s1. The van der Waals surface area contributed by atoms with Crippen LogP contribution in [0.5, 0.6) is 0 Å². The fourth-order valence-electron chi connectivity index (χ4n) is 5.56. The highest BCUT2D eigenvalue weighted by molar-refractivity contribution is 6.01. The number of hydrogen-bond donors (Lipinski definition) is 1. The number of carbonyl (C=O) groups excluding carboxylic acids is 2. The van der Waals surface area contributed by atoms with Gasteiger partial charge >= 0.3 is 0 Å². The van der Waals surface area contributed by atoms with E-state index < -0.39 is 5.54 Å². The Morgan fingerprint density at radius 3 is 2.52 bits per heavy atom. The van der Waals surface area contributed by atoms with Gasteiger partial charge in [-0.25, -0.2) is 0 Å². The normalized spacial score (nSPS) is 22.8. The van der Waals surface area contributed by atoms with E-state index in [1.54, 1.807) is 4.90 Å². The van der Waals surface area contributed by atoms with Gasteiger partial charge in [-0.05, 0) is 48.4 Å². The van der Waals surface area contributed by atoms with E-state index in [9.17, 15) is 9.59 Å². The molecule has 0 bridgehead atoms. The monoisotopic (exact) mass is 443 g/mol. The summed E-state index contributed by atoms with van der Waals surface area (Å²) in [5.41, 5.74) is 4.50. The number of fused-ring (bicyclic) bond motifs is 5. The zero-order chi connectivity index (χ0) is 23.3. The number of H-pyrrole nitrogens is 1. The van der Waals surface area contributed by atoms with Crippen LogP contribution in [0.15, 0.2) is 48.5 Å². The van der Waals surface area contributed by atoms with E-state index in [2.05, 4.69) is 62.2 Å². The Hall–Kier alpha value is -3.08. The summed E-state index contributed by atoms with van der Waals surface area (Å²) in [6.45, 7) is 9.67. The van der Waals surface area contributed by atoms with Crippen molar-refractivity contribution in [3.05, 3.63) is 70.9 Å². The lowest BCUT2D eigenvalue weighted by molar-refractivity contribution is -0.166. The quantitative estimate of drug-likeness (QED) is 0.615. The molecule has 3 aromatic rings. The smallest absolute Gasteiger partial charge is 0.254 e. The molecular formula is C28H33N3O2. The first-order valence-corrected chi connectivity index (χ1v) is 12.1. The van der Waals surface area contributed by atoms with Gasteiger partial charge in [0.2, 0.25) is 5.91 Å². The van der Waals surface area contributed by atoms with Crippen LogP contribution in [-0.2, 0) is 21.5 Å². The van der Waals surface area contributed by atoms with E-state index in [0.717, 1.165) is 35.0 Å². The Balaban J connectivity index is 1.67. The number of carbonyl (C=O) groups is 2. The SMILES string of the molecule is CCc1ccc(C2CN3C(=O)CN(CCC(C)C)C(=O)[C@]3(C)c3[nH]c4ccccc4c32)cc1. The summed E-state index contributed by atoms with van der Waals surface area (Å²) in [4.78, 5) is 34.5. The molecule has 2 aliphatic rings. The lowest BCUT2D eigenvalue weighted by Crippen LogP contribution is -2.67. The number of hydrogen-bond acceptors (Lipinski definition) is 2. The van der Waals surface area contributed by atoms with Crippen molar-refractivity contribution >= 4 is 22.7 Å². The van der Waals surface area contributed by atoms with Crippen molar-refractivity contribution in [2.24, 2.45) is 5.92 Å². The van der Waals surface area contributed by atoms with E-state index >= 15 is 0 Å². The average molecular weight is 444 g/mol. The maximum atomic E-state index is 13.9. The zero-order valence-electron chi connectivity index (χ0n) is 20.0. The van der Waals surface area contributed by atoms with Gasteiger partial charge in [-0.2, -0.15) is 0 Å². The van der Waals surface area contributed by atoms with Gasteiger partial charge in [0.05, 0.1) is 12.2 Å². The fourth-order valence-corrected chi connectivity index (χ4v) is 5.56. The van der Waals surface area contributed by atoms with Crippen molar-refractivity contribution in [2.45, 2.75) is 52.0 Å². The number of aromatic amines is 1. The molecule has 5 rings (SSSR count). The summed E-state index contributed by atoms with van der Waals surface area (Å²) in [5.74, 6) is 0.550. The Kier molecular flexibility index (Phi) is 5.31. The van der Waals surface area contributed by atoms with Gasteiger partial charge in [0, 0.05) is 29.9 Å². The molecule has 1 fully saturated rings. The number of nitrogens with zero attached hydrogens (tertiary/aromatic N) is 2. The number of aromatic nitrogens is 1. The molecule has 5 nitrogen and oxygen atoms in total. The van der Waals surface area contributed by atoms with Gasteiger partial charge in [0.25, 0.3) is 5.91 Å². The van der Waals surface area contributed by atoms with Crippen LogP contribution in [0, 0.1) is 5.92 Å². The first-order chi connectivity index (χ1) is 15.8. The molecule has 2 aromatic carbocycles. The molecule has 2 atom stereocenters. The van der Waals surface area contributed by atoms with Gasteiger partial charge in [-0.15, -0.1) is 0 Å². The fraction of sp³-hybridized carbons (Fsp3) is 0.429. The van der Waals surface area contributed by atoms with E-state index in [-0.39, 0.29) is 24.3 Å². The maximum Gasteiger partial charge on any atom is 0.254 e. The topological polar surface area (TPSA) is 56.4 Å². The first-order valence-electron chi connectivity index (χ1n) is 12.1. The van der Waals surface area contributed by atoms with Crippen molar-refractivity contribution in [3.8, 4) is 0 Å². The second-order valence-electron chi connectivity index (χ2n) is 10.1.